The van der Waals surface area contributed by atoms with Crippen LogP contribution in [0.2, 0.25) is 0 Å². The van der Waals surface area contributed by atoms with E-state index in [-0.39, 0.29) is 24.2 Å². The number of hydrogen-bond donors (Lipinski definition) is 3. The highest BCUT2D eigenvalue weighted by atomic mass is 16.5. The van der Waals surface area contributed by atoms with Gasteiger partial charge in [-0.3, -0.25) is 4.79 Å². The molecule has 1 aromatic heterocycles. The number of amides is 1. The van der Waals surface area contributed by atoms with Crippen molar-refractivity contribution in [3.05, 3.63) is 23.9 Å². The summed E-state index contributed by atoms with van der Waals surface area (Å²) in [6.45, 7) is 3.73. The van der Waals surface area contributed by atoms with Crippen LogP contribution in [-0.4, -0.2) is 35.6 Å². The zero-order chi connectivity index (χ0) is 14.5. The molecule has 0 saturated heterocycles. The van der Waals surface area contributed by atoms with Crippen LogP contribution in [0.4, 0.5) is 0 Å². The first-order valence-corrected chi connectivity index (χ1v) is 5.67. The largest absolute Gasteiger partial charge is 0.480 e. The molecule has 0 radical (unpaired) electrons. The molecule has 0 aliphatic heterocycles. The second kappa shape index (κ2) is 6.03. The van der Waals surface area contributed by atoms with Crippen LogP contribution in [0.5, 0.6) is 5.88 Å². The Morgan fingerprint density at radius 1 is 1.63 bits per heavy atom. The van der Waals surface area contributed by atoms with Crippen molar-refractivity contribution >= 4 is 11.7 Å². The Morgan fingerprint density at radius 2 is 2.32 bits per heavy atom. The predicted molar refractivity (Wildman–Crippen MR) is 70.3 cm³/mol. The molecule has 0 fully saturated rings. The molecule has 1 aromatic rings. The molecule has 0 spiro atoms. The van der Waals surface area contributed by atoms with Crippen molar-refractivity contribution in [1.82, 2.24) is 10.3 Å². The van der Waals surface area contributed by atoms with Crippen molar-refractivity contribution in [2.75, 3.05) is 13.7 Å². The van der Waals surface area contributed by atoms with E-state index in [4.69, 9.17) is 15.7 Å². The maximum atomic E-state index is 12.0. The number of oxime groups is 1. The van der Waals surface area contributed by atoms with Crippen molar-refractivity contribution < 1.29 is 14.7 Å². The lowest BCUT2D eigenvalue weighted by molar-refractivity contribution is 0.0940. The Bertz CT molecular complexity index is 486. The van der Waals surface area contributed by atoms with Gasteiger partial charge in [-0.15, -0.1) is 0 Å². The number of carbonyl (C=O) groups excluding carboxylic acids is 1. The molecule has 1 heterocycles. The van der Waals surface area contributed by atoms with Crippen LogP contribution < -0.4 is 15.8 Å². The average Bonchev–Trinajstić information content (AvgIpc) is 2.43. The highest BCUT2D eigenvalue weighted by Gasteiger charge is 2.25. The minimum atomic E-state index is -0.653. The van der Waals surface area contributed by atoms with Gasteiger partial charge in [-0.1, -0.05) is 19.0 Å². The number of ether oxygens (including phenoxy) is 1. The van der Waals surface area contributed by atoms with E-state index in [2.05, 4.69) is 15.5 Å². The first-order chi connectivity index (χ1) is 8.92. The van der Waals surface area contributed by atoms with E-state index < -0.39 is 5.41 Å². The smallest absolute Gasteiger partial charge is 0.256 e. The maximum Gasteiger partial charge on any atom is 0.256 e. The van der Waals surface area contributed by atoms with Gasteiger partial charge in [0.2, 0.25) is 5.88 Å². The van der Waals surface area contributed by atoms with Gasteiger partial charge in [-0.05, 0) is 12.1 Å². The Hall–Kier alpha value is -2.31. The van der Waals surface area contributed by atoms with Crippen molar-refractivity contribution in [2.24, 2.45) is 16.3 Å². The van der Waals surface area contributed by atoms with Crippen molar-refractivity contribution in [3.8, 4) is 5.88 Å². The lowest BCUT2D eigenvalue weighted by Crippen LogP contribution is -2.42. The summed E-state index contributed by atoms with van der Waals surface area (Å²) in [5, 5.41) is 14.3. The van der Waals surface area contributed by atoms with E-state index >= 15 is 0 Å². The number of amidine groups is 1. The summed E-state index contributed by atoms with van der Waals surface area (Å²) in [6, 6.07) is 3.25. The summed E-state index contributed by atoms with van der Waals surface area (Å²) in [6.07, 6.45) is 1.54. The molecule has 19 heavy (non-hydrogen) atoms. The molecular weight excluding hydrogens is 248 g/mol. The number of hydrogen-bond acceptors (Lipinski definition) is 5. The third-order valence-electron chi connectivity index (χ3n) is 2.70. The number of methoxy groups -OCH3 is 1. The molecule has 104 valence electrons. The molecule has 7 nitrogen and oxygen atoms in total. The number of nitrogens with zero attached hydrogens (tertiary/aromatic N) is 2. The van der Waals surface area contributed by atoms with Gasteiger partial charge < -0.3 is 21.0 Å². The zero-order valence-corrected chi connectivity index (χ0v) is 11.2. The number of carbonyl (C=O) groups is 1. The molecule has 1 amide bonds. The monoisotopic (exact) mass is 266 g/mol. The second-order valence-corrected chi connectivity index (χ2v) is 4.61. The first kappa shape index (κ1) is 14.7. The van der Waals surface area contributed by atoms with E-state index in [9.17, 15) is 4.79 Å². The SMILES string of the molecule is COc1ncccc1C(=O)NCC(C)(C)/C(N)=N/O. The number of nitrogens with two attached hydrogens (primary N) is 1. The van der Waals surface area contributed by atoms with E-state index in [0.717, 1.165) is 0 Å². The minimum Gasteiger partial charge on any atom is -0.480 e. The number of nitrogens with one attached hydrogen (secondary N) is 1. The molecular formula is C12H18N4O3. The molecule has 0 atom stereocenters. The minimum absolute atomic E-state index is 0.0472. The van der Waals surface area contributed by atoms with Crippen LogP contribution in [0, 0.1) is 5.41 Å². The van der Waals surface area contributed by atoms with Gasteiger partial charge in [-0.2, -0.15) is 0 Å². The Kier molecular flexibility index (Phi) is 4.68. The average molecular weight is 266 g/mol. The zero-order valence-electron chi connectivity index (χ0n) is 11.2. The summed E-state index contributed by atoms with van der Waals surface area (Å²) in [5.74, 6) is -0.0312. The summed E-state index contributed by atoms with van der Waals surface area (Å²) in [7, 11) is 1.44. The Labute approximate surface area is 111 Å². The van der Waals surface area contributed by atoms with Gasteiger partial charge in [0.1, 0.15) is 11.4 Å². The summed E-state index contributed by atoms with van der Waals surface area (Å²) >= 11 is 0. The fourth-order valence-corrected chi connectivity index (χ4v) is 1.35. The maximum absolute atomic E-state index is 12.0. The topological polar surface area (TPSA) is 110 Å². The quantitative estimate of drug-likeness (QED) is 0.313. The van der Waals surface area contributed by atoms with Crippen LogP contribution in [0.15, 0.2) is 23.5 Å². The third-order valence-corrected chi connectivity index (χ3v) is 2.70. The number of pyridine rings is 1. The molecule has 0 bridgehead atoms. The van der Waals surface area contributed by atoms with E-state index in [1.165, 1.54) is 13.3 Å². The van der Waals surface area contributed by atoms with Crippen LogP contribution >= 0.6 is 0 Å². The van der Waals surface area contributed by atoms with Gasteiger partial charge in [0.25, 0.3) is 5.91 Å². The second-order valence-electron chi connectivity index (χ2n) is 4.61. The fraction of sp³-hybridized carbons (Fsp3) is 0.417. The van der Waals surface area contributed by atoms with Crippen LogP contribution in [0.3, 0.4) is 0 Å². The molecule has 0 unspecified atom stereocenters. The highest BCUT2D eigenvalue weighted by Crippen LogP contribution is 2.16. The van der Waals surface area contributed by atoms with E-state index in [0.29, 0.717) is 5.56 Å². The van der Waals surface area contributed by atoms with E-state index in [1.807, 2.05) is 0 Å². The third kappa shape index (κ3) is 3.57. The van der Waals surface area contributed by atoms with Gasteiger partial charge >= 0.3 is 0 Å². The van der Waals surface area contributed by atoms with Gasteiger partial charge in [0, 0.05) is 18.2 Å². The van der Waals surface area contributed by atoms with Crippen molar-refractivity contribution in [1.29, 1.82) is 0 Å². The van der Waals surface area contributed by atoms with Crippen LogP contribution in [0.1, 0.15) is 24.2 Å². The Balaban J connectivity index is 2.76. The fourth-order valence-electron chi connectivity index (χ4n) is 1.35. The standard InChI is InChI=1S/C12H18N4O3/c1-12(2,11(13)16-18)7-15-9(17)8-5-4-6-14-10(8)19-3/h4-6,18H,7H2,1-3H3,(H2,13,16)(H,15,17). The van der Waals surface area contributed by atoms with Gasteiger partial charge in [0.05, 0.1) is 7.11 Å². The van der Waals surface area contributed by atoms with Crippen molar-refractivity contribution in [2.45, 2.75) is 13.8 Å². The van der Waals surface area contributed by atoms with Gasteiger partial charge in [-0.25, -0.2) is 4.98 Å². The number of aromatic nitrogens is 1. The summed E-state index contributed by atoms with van der Waals surface area (Å²) in [4.78, 5) is 16.0. The normalized spacial score (nSPS) is 12.1. The van der Waals surface area contributed by atoms with Crippen molar-refractivity contribution in [3.63, 3.8) is 0 Å². The Morgan fingerprint density at radius 3 is 2.89 bits per heavy atom. The lowest BCUT2D eigenvalue weighted by Gasteiger charge is -2.23. The molecule has 0 aromatic carbocycles. The van der Waals surface area contributed by atoms with Gasteiger partial charge in [0.15, 0.2) is 0 Å². The lowest BCUT2D eigenvalue weighted by atomic mass is 9.92. The van der Waals surface area contributed by atoms with Crippen LogP contribution in [-0.2, 0) is 0 Å². The summed E-state index contributed by atoms with van der Waals surface area (Å²) in [5.41, 5.74) is 5.22. The van der Waals surface area contributed by atoms with Crippen LogP contribution in [0.25, 0.3) is 0 Å². The molecule has 0 aliphatic rings. The molecule has 7 heteroatoms. The molecule has 0 aliphatic carbocycles. The molecule has 4 N–H and O–H groups in total. The molecule has 0 saturated carbocycles. The predicted octanol–water partition coefficient (Wildman–Crippen LogP) is 0.593. The first-order valence-electron chi connectivity index (χ1n) is 5.67. The highest BCUT2D eigenvalue weighted by molar-refractivity contribution is 5.96. The number of rotatable bonds is 5. The molecule has 1 rings (SSSR count). The van der Waals surface area contributed by atoms with E-state index in [1.54, 1.807) is 26.0 Å². The summed E-state index contributed by atoms with van der Waals surface area (Å²) < 4.78 is 5.01.